The third kappa shape index (κ3) is 13.7. The van der Waals surface area contributed by atoms with Crippen LogP contribution >= 0.6 is 0 Å². The van der Waals surface area contributed by atoms with Crippen molar-refractivity contribution in [3.8, 4) is 11.6 Å². The van der Waals surface area contributed by atoms with Crippen LogP contribution in [0.2, 0.25) is 0 Å². The predicted molar refractivity (Wildman–Crippen MR) is 188 cm³/mol. The molecule has 2 heterocycles. The summed E-state index contributed by atoms with van der Waals surface area (Å²) in [5, 5.41) is 8.93. The van der Waals surface area contributed by atoms with Gasteiger partial charge in [-0.15, -0.1) is 0 Å². The Morgan fingerprint density at radius 3 is 2.61 bits per heavy atom. The number of benzene rings is 2. The molecular formula is C36H47N7O6. The van der Waals surface area contributed by atoms with E-state index in [2.05, 4.69) is 31.4 Å². The molecule has 4 N–H and O–H groups in total. The fourth-order valence-electron chi connectivity index (χ4n) is 4.78. The average molecular weight is 674 g/mol. The number of aryl methyl sites for hydroxylation is 1. The molecule has 1 aromatic heterocycles. The van der Waals surface area contributed by atoms with Gasteiger partial charge in [0.25, 0.3) is 5.91 Å². The lowest BCUT2D eigenvalue weighted by Gasteiger charge is -2.22. The number of unbranched alkanes of at least 4 members (excludes halogenated alkanes) is 3. The van der Waals surface area contributed by atoms with Crippen LogP contribution in [0.25, 0.3) is 0 Å². The number of hydrogen-bond donors (Lipinski definition) is 4. The van der Waals surface area contributed by atoms with Gasteiger partial charge in [0.05, 0.1) is 0 Å². The van der Waals surface area contributed by atoms with Crippen molar-refractivity contribution in [2.75, 3.05) is 44.4 Å². The van der Waals surface area contributed by atoms with Crippen LogP contribution in [0.5, 0.6) is 11.6 Å². The number of nitrogens with one attached hydrogen (secondary N) is 4. The van der Waals surface area contributed by atoms with E-state index in [1.807, 2.05) is 25.9 Å². The molecule has 1 aliphatic rings. The minimum absolute atomic E-state index is 0.142. The molecule has 1 saturated heterocycles. The molecule has 0 bridgehead atoms. The number of ether oxygens (including phenoxy) is 2. The Hall–Kier alpha value is -4.85. The number of carbonyl (C=O) groups is 3. The first-order valence-electron chi connectivity index (χ1n) is 16.7. The number of likely N-dealkylation sites (N-methyl/N-ethyl adjacent to an activating group) is 1. The Morgan fingerprint density at radius 1 is 1.02 bits per heavy atom. The van der Waals surface area contributed by atoms with E-state index in [1.54, 1.807) is 60.8 Å². The second kappa shape index (κ2) is 19.8. The van der Waals surface area contributed by atoms with Crippen molar-refractivity contribution < 1.29 is 28.7 Å². The lowest BCUT2D eigenvalue weighted by molar-refractivity contribution is -0.200. The summed E-state index contributed by atoms with van der Waals surface area (Å²) in [6.07, 6.45) is 11.2. The molecule has 1 atom stereocenters. The molecule has 0 radical (unpaired) electrons. The van der Waals surface area contributed by atoms with Crippen LogP contribution < -0.4 is 26.2 Å². The van der Waals surface area contributed by atoms with Crippen LogP contribution in [0, 0.1) is 6.92 Å². The van der Waals surface area contributed by atoms with Crippen LogP contribution in [0.15, 0.2) is 66.9 Å². The molecule has 0 aliphatic carbocycles. The van der Waals surface area contributed by atoms with E-state index in [0.717, 1.165) is 50.5 Å². The normalized spacial score (nSPS) is 14.4. The molecule has 3 amide bonds. The first kappa shape index (κ1) is 37.0. The zero-order valence-corrected chi connectivity index (χ0v) is 28.5. The zero-order valence-electron chi connectivity index (χ0n) is 28.5. The Bertz CT molecular complexity index is 1540. The molecule has 1 aliphatic heterocycles. The van der Waals surface area contributed by atoms with Gasteiger partial charge >= 0.3 is 0 Å². The Balaban J connectivity index is 1.16. The maximum atomic E-state index is 12.6. The minimum Gasteiger partial charge on any atom is -0.438 e. The standard InChI is InChI=1S/C36H47N7O6/c1-26-25-38-36(41-35(26)48-30-13-10-12-29(24-30)39-31(44)15-11-22-43(2)3)40-28-19-17-27(18-20-28)34(46)37-21-8-5-4-6-14-32(45)42-49-33-16-7-9-23-47-33/h10-13,15,17-20,24-25,33H,4-9,14,16,21-23H2,1-3H3,(H,37,46)(H,39,44)(H,42,45)(H,38,40,41). The highest BCUT2D eigenvalue weighted by molar-refractivity contribution is 5.99. The van der Waals surface area contributed by atoms with Crippen molar-refractivity contribution in [3.63, 3.8) is 0 Å². The fraction of sp³-hybridized carbons (Fsp3) is 0.417. The minimum atomic E-state index is -0.343. The molecular weight excluding hydrogens is 626 g/mol. The molecule has 49 heavy (non-hydrogen) atoms. The number of hydroxylamine groups is 1. The van der Waals surface area contributed by atoms with E-state index >= 15 is 0 Å². The highest BCUT2D eigenvalue weighted by Gasteiger charge is 2.15. The first-order valence-corrected chi connectivity index (χ1v) is 16.7. The predicted octanol–water partition coefficient (Wildman–Crippen LogP) is 5.63. The monoisotopic (exact) mass is 673 g/mol. The molecule has 13 nitrogen and oxygen atoms in total. The highest BCUT2D eigenvalue weighted by atomic mass is 16.8. The molecule has 3 aromatic rings. The van der Waals surface area contributed by atoms with E-state index in [4.69, 9.17) is 14.3 Å². The number of aromatic nitrogens is 2. The van der Waals surface area contributed by atoms with Crippen LogP contribution in [0.1, 0.15) is 67.3 Å². The van der Waals surface area contributed by atoms with Gasteiger partial charge in [0.2, 0.25) is 23.6 Å². The van der Waals surface area contributed by atoms with Gasteiger partial charge in [-0.2, -0.15) is 4.98 Å². The van der Waals surface area contributed by atoms with Crippen molar-refractivity contribution in [2.45, 2.75) is 64.6 Å². The van der Waals surface area contributed by atoms with E-state index in [1.165, 1.54) is 6.08 Å². The summed E-state index contributed by atoms with van der Waals surface area (Å²) in [7, 11) is 3.86. The molecule has 0 saturated carbocycles. The third-order valence-corrected chi connectivity index (χ3v) is 7.44. The SMILES string of the molecule is Cc1cnc(Nc2ccc(C(=O)NCCCCCCC(=O)NOC3CCCCO3)cc2)nc1Oc1cccc(NC(=O)C=CCN(C)C)c1. The molecule has 1 unspecified atom stereocenters. The number of rotatable bonds is 18. The second-order valence-electron chi connectivity index (χ2n) is 12.0. The van der Waals surface area contributed by atoms with Crippen LogP contribution in [-0.2, 0) is 19.2 Å². The molecule has 13 heteroatoms. The fourth-order valence-corrected chi connectivity index (χ4v) is 4.78. The average Bonchev–Trinajstić information content (AvgIpc) is 3.09. The smallest absolute Gasteiger partial charge is 0.251 e. The van der Waals surface area contributed by atoms with Gasteiger partial charge in [-0.05, 0) is 83.1 Å². The summed E-state index contributed by atoms with van der Waals surface area (Å²) in [6.45, 7) is 3.73. The number of carbonyl (C=O) groups excluding carboxylic acids is 3. The quantitative estimate of drug-likeness (QED) is 0.0758. The van der Waals surface area contributed by atoms with Gasteiger partial charge in [-0.3, -0.25) is 14.4 Å². The summed E-state index contributed by atoms with van der Waals surface area (Å²) in [4.78, 5) is 52.9. The molecule has 2 aromatic carbocycles. The van der Waals surface area contributed by atoms with Gasteiger partial charge in [-0.25, -0.2) is 15.3 Å². The van der Waals surface area contributed by atoms with Crippen LogP contribution in [-0.4, -0.2) is 72.7 Å². The van der Waals surface area contributed by atoms with Crippen molar-refractivity contribution >= 4 is 35.0 Å². The Kier molecular flexibility index (Phi) is 15.0. The Morgan fingerprint density at radius 2 is 1.84 bits per heavy atom. The lowest BCUT2D eigenvalue weighted by Crippen LogP contribution is -2.32. The maximum Gasteiger partial charge on any atom is 0.251 e. The van der Waals surface area contributed by atoms with Crippen LogP contribution in [0.4, 0.5) is 17.3 Å². The first-order chi connectivity index (χ1) is 23.7. The summed E-state index contributed by atoms with van der Waals surface area (Å²) >= 11 is 0. The van der Waals surface area contributed by atoms with E-state index in [0.29, 0.717) is 60.6 Å². The number of amides is 3. The van der Waals surface area contributed by atoms with E-state index < -0.39 is 0 Å². The second-order valence-corrected chi connectivity index (χ2v) is 12.0. The number of anilines is 3. The molecule has 262 valence electrons. The Labute approximate surface area is 287 Å². The summed E-state index contributed by atoms with van der Waals surface area (Å²) in [5.41, 5.74) is 5.06. The van der Waals surface area contributed by atoms with Crippen molar-refractivity contribution in [1.82, 2.24) is 25.7 Å². The van der Waals surface area contributed by atoms with Crippen molar-refractivity contribution in [2.24, 2.45) is 0 Å². The van der Waals surface area contributed by atoms with Crippen LogP contribution in [0.3, 0.4) is 0 Å². The van der Waals surface area contributed by atoms with E-state index in [-0.39, 0.29) is 24.0 Å². The molecule has 1 fully saturated rings. The van der Waals surface area contributed by atoms with Crippen molar-refractivity contribution in [3.05, 3.63) is 78.0 Å². The number of hydrogen-bond acceptors (Lipinski definition) is 10. The molecule has 0 spiro atoms. The topological polar surface area (TPSA) is 156 Å². The van der Waals surface area contributed by atoms with Crippen molar-refractivity contribution in [1.29, 1.82) is 0 Å². The largest absolute Gasteiger partial charge is 0.438 e. The van der Waals surface area contributed by atoms with E-state index in [9.17, 15) is 14.4 Å². The van der Waals surface area contributed by atoms with Gasteiger partial charge in [0, 0.05) is 73.4 Å². The highest BCUT2D eigenvalue weighted by Crippen LogP contribution is 2.26. The molecule has 4 rings (SSSR count). The zero-order chi connectivity index (χ0) is 34.8. The third-order valence-electron chi connectivity index (χ3n) is 7.44. The summed E-state index contributed by atoms with van der Waals surface area (Å²) in [5.74, 6) is 0.683. The van der Waals surface area contributed by atoms with Gasteiger partial charge in [-0.1, -0.05) is 25.0 Å². The van der Waals surface area contributed by atoms with Gasteiger partial charge in [0.1, 0.15) is 5.75 Å². The maximum absolute atomic E-state index is 12.6. The lowest BCUT2D eigenvalue weighted by atomic mass is 10.1. The van der Waals surface area contributed by atoms with Gasteiger partial charge in [0.15, 0.2) is 6.29 Å². The number of nitrogens with zero attached hydrogens (tertiary/aromatic N) is 3. The van der Waals surface area contributed by atoms with Gasteiger partial charge < -0.3 is 30.3 Å². The summed E-state index contributed by atoms with van der Waals surface area (Å²) in [6, 6.07) is 14.1. The summed E-state index contributed by atoms with van der Waals surface area (Å²) < 4.78 is 11.5.